The molecule has 0 aliphatic carbocycles. The van der Waals surface area contributed by atoms with Gasteiger partial charge in [-0.05, 0) is 133 Å². The number of rotatable bonds is 9. The first-order valence-corrected chi connectivity index (χ1v) is 27.3. The van der Waals surface area contributed by atoms with Crippen LogP contribution in [-0.2, 0) is 17.3 Å². The molecular weight excluding hydrogens is 920 g/mol. The maximum absolute atomic E-state index is 7.20. The van der Waals surface area contributed by atoms with Crippen molar-refractivity contribution < 1.29 is 4.42 Å². The Morgan fingerprint density at radius 1 is 0.408 bits per heavy atom. The van der Waals surface area contributed by atoms with Gasteiger partial charge in [-0.25, -0.2) is 0 Å². The number of furan rings is 1. The molecule has 1 aromatic heterocycles. The van der Waals surface area contributed by atoms with Gasteiger partial charge in [-0.1, -0.05) is 231 Å². The zero-order chi connectivity index (χ0) is 51.9. The van der Waals surface area contributed by atoms with Gasteiger partial charge in [-0.2, -0.15) is 0 Å². The van der Waals surface area contributed by atoms with Gasteiger partial charge in [0.05, 0.1) is 11.4 Å². The molecule has 0 radical (unpaired) electrons. The lowest BCUT2D eigenvalue weighted by atomic mass is 9.33. The molecule has 0 N–H and O–H groups in total. The average Bonchev–Trinajstić information content (AvgIpc) is 3.98. The standard InChI is InChI=1S/C72H63BN2O/c1-8-9-24-51-35-38-57-56-33-22-23-34-66(56)76-70(57)68(51)74-62-39-36-52(47-25-14-10-15-26-47)41-60(62)73-61-42-53(48-27-16-11-17-28-48)37-40-63(61)75(65-46-55(72(5,6)7)45-64(74)67(65)73)69-58(49-29-18-12-19-30-49)43-54(71(2,3)4)44-59(69)50-31-20-13-21-32-50/h10-23,25-46H,8-9,24H2,1-7H3. The van der Waals surface area contributed by atoms with Crippen LogP contribution >= 0.6 is 0 Å². The van der Waals surface area contributed by atoms with E-state index in [1.165, 1.54) is 106 Å². The first kappa shape index (κ1) is 47.4. The van der Waals surface area contributed by atoms with E-state index in [-0.39, 0.29) is 17.5 Å². The summed E-state index contributed by atoms with van der Waals surface area (Å²) in [6.07, 6.45) is 3.07. The van der Waals surface area contributed by atoms with E-state index in [2.05, 4.69) is 277 Å². The van der Waals surface area contributed by atoms with Gasteiger partial charge in [0, 0.05) is 44.6 Å². The number of aryl methyl sites for hydroxylation is 1. The Labute approximate surface area is 449 Å². The summed E-state index contributed by atoms with van der Waals surface area (Å²) in [6, 6.07) is 81.9. The van der Waals surface area contributed by atoms with Gasteiger partial charge < -0.3 is 14.2 Å². The van der Waals surface area contributed by atoms with Crippen molar-refractivity contribution in [2.45, 2.75) is 78.6 Å². The molecule has 2 aliphatic heterocycles. The third-order valence-electron chi connectivity index (χ3n) is 16.1. The number of benzene rings is 10. The fraction of sp³-hybridized carbons (Fsp3) is 0.167. The van der Waals surface area contributed by atoms with Crippen LogP contribution in [0.5, 0.6) is 0 Å². The lowest BCUT2D eigenvalue weighted by Gasteiger charge is -2.46. The minimum atomic E-state index is -0.218. The number of para-hydroxylation sites is 1. The highest BCUT2D eigenvalue weighted by Crippen LogP contribution is 2.54. The second-order valence-electron chi connectivity index (χ2n) is 23.1. The van der Waals surface area contributed by atoms with E-state index in [9.17, 15) is 0 Å². The van der Waals surface area contributed by atoms with Crippen molar-refractivity contribution in [3.63, 3.8) is 0 Å². The predicted octanol–water partition coefficient (Wildman–Crippen LogP) is 18.3. The molecule has 3 nitrogen and oxygen atoms in total. The summed E-state index contributed by atoms with van der Waals surface area (Å²) in [5, 5.41) is 2.27. The fourth-order valence-electron chi connectivity index (χ4n) is 12.2. The number of hydrogen-bond acceptors (Lipinski definition) is 3. The molecule has 76 heavy (non-hydrogen) atoms. The molecule has 13 rings (SSSR count). The van der Waals surface area contributed by atoms with Gasteiger partial charge in [0.25, 0.3) is 6.71 Å². The first-order chi connectivity index (χ1) is 36.9. The molecular formula is C72H63BN2O. The lowest BCUT2D eigenvalue weighted by Crippen LogP contribution is -2.61. The maximum Gasteiger partial charge on any atom is 0.252 e. The van der Waals surface area contributed by atoms with Crippen molar-refractivity contribution in [2.24, 2.45) is 0 Å². The molecule has 11 aromatic rings. The quantitative estimate of drug-likeness (QED) is 0.134. The van der Waals surface area contributed by atoms with Crippen LogP contribution in [0.25, 0.3) is 66.4 Å². The van der Waals surface area contributed by atoms with E-state index < -0.39 is 0 Å². The number of fused-ring (bicyclic) bond motifs is 7. The molecule has 10 aromatic carbocycles. The molecule has 370 valence electrons. The van der Waals surface area contributed by atoms with Crippen LogP contribution in [0.1, 0.15) is 78.0 Å². The zero-order valence-electron chi connectivity index (χ0n) is 44.8. The van der Waals surface area contributed by atoms with Gasteiger partial charge in [0.15, 0.2) is 5.58 Å². The van der Waals surface area contributed by atoms with Crippen LogP contribution < -0.4 is 26.2 Å². The van der Waals surface area contributed by atoms with E-state index >= 15 is 0 Å². The van der Waals surface area contributed by atoms with E-state index in [1.807, 2.05) is 0 Å². The van der Waals surface area contributed by atoms with Gasteiger partial charge in [0.1, 0.15) is 5.58 Å². The largest absolute Gasteiger partial charge is 0.454 e. The molecule has 0 amide bonds. The van der Waals surface area contributed by atoms with Crippen molar-refractivity contribution in [1.29, 1.82) is 0 Å². The Hall–Kier alpha value is -8.34. The van der Waals surface area contributed by atoms with Gasteiger partial charge >= 0.3 is 0 Å². The van der Waals surface area contributed by atoms with E-state index in [0.29, 0.717) is 0 Å². The normalized spacial score (nSPS) is 13.0. The summed E-state index contributed by atoms with van der Waals surface area (Å²) in [6.45, 7) is 16.3. The summed E-state index contributed by atoms with van der Waals surface area (Å²) >= 11 is 0. The summed E-state index contributed by atoms with van der Waals surface area (Å²) in [5.41, 5.74) is 25.8. The van der Waals surface area contributed by atoms with Crippen molar-refractivity contribution in [1.82, 2.24) is 0 Å². The second-order valence-corrected chi connectivity index (χ2v) is 23.1. The molecule has 0 spiro atoms. The Morgan fingerprint density at radius 2 is 0.868 bits per heavy atom. The minimum absolute atomic E-state index is 0.125. The molecule has 3 heterocycles. The molecule has 0 bridgehead atoms. The molecule has 0 unspecified atom stereocenters. The highest BCUT2D eigenvalue weighted by atomic mass is 16.3. The average molecular weight is 983 g/mol. The lowest BCUT2D eigenvalue weighted by molar-refractivity contribution is 0.590. The van der Waals surface area contributed by atoms with Crippen LogP contribution in [0, 0.1) is 0 Å². The minimum Gasteiger partial charge on any atom is -0.454 e. The van der Waals surface area contributed by atoms with Crippen LogP contribution in [0.15, 0.2) is 223 Å². The monoisotopic (exact) mass is 983 g/mol. The van der Waals surface area contributed by atoms with Crippen LogP contribution in [0.4, 0.5) is 34.1 Å². The maximum atomic E-state index is 7.20. The Bertz CT molecular complexity index is 3930. The molecule has 2 aliphatic rings. The Morgan fingerprint density at radius 3 is 1.37 bits per heavy atom. The number of nitrogens with zero attached hydrogens (tertiary/aromatic N) is 2. The van der Waals surface area contributed by atoms with Crippen molar-refractivity contribution in [2.75, 3.05) is 9.80 Å². The smallest absolute Gasteiger partial charge is 0.252 e. The third kappa shape index (κ3) is 7.97. The Kier molecular flexibility index (Phi) is 11.5. The topological polar surface area (TPSA) is 19.6 Å². The SMILES string of the molecule is CCCCc1ccc2c(oc3ccccc32)c1N1c2ccc(-c3ccccc3)cc2B2c3cc(-c4ccccc4)ccc3N(c3c(-c4ccccc4)cc(C(C)(C)C)cc3-c3ccccc3)c3cc(C(C)(C)C)cc1c32. The molecule has 0 saturated heterocycles. The molecule has 4 heteroatoms. The third-order valence-corrected chi connectivity index (χ3v) is 16.1. The summed E-state index contributed by atoms with van der Waals surface area (Å²) < 4.78 is 7.20. The van der Waals surface area contributed by atoms with Crippen molar-refractivity contribution >= 4 is 79.2 Å². The second kappa shape index (κ2) is 18.5. The van der Waals surface area contributed by atoms with Gasteiger partial charge in [-0.15, -0.1) is 0 Å². The number of hydrogen-bond donors (Lipinski definition) is 0. The number of anilines is 6. The molecule has 0 saturated carbocycles. The summed E-state index contributed by atoms with van der Waals surface area (Å²) in [5.74, 6) is 0. The van der Waals surface area contributed by atoms with Gasteiger partial charge in [-0.3, -0.25) is 0 Å². The zero-order valence-corrected chi connectivity index (χ0v) is 44.8. The summed E-state index contributed by atoms with van der Waals surface area (Å²) in [4.78, 5) is 5.31. The number of unbranched alkanes of at least 4 members (excludes halogenated alkanes) is 1. The highest BCUT2D eigenvalue weighted by Gasteiger charge is 2.46. The van der Waals surface area contributed by atoms with Crippen LogP contribution in [0.3, 0.4) is 0 Å². The van der Waals surface area contributed by atoms with E-state index in [0.717, 1.165) is 46.9 Å². The first-order valence-electron chi connectivity index (χ1n) is 27.3. The van der Waals surface area contributed by atoms with Crippen molar-refractivity contribution in [3.05, 3.63) is 235 Å². The van der Waals surface area contributed by atoms with Crippen LogP contribution in [-0.4, -0.2) is 6.71 Å². The van der Waals surface area contributed by atoms with Gasteiger partial charge in [0.2, 0.25) is 0 Å². The summed E-state index contributed by atoms with van der Waals surface area (Å²) in [7, 11) is 0. The molecule has 0 atom stereocenters. The van der Waals surface area contributed by atoms with E-state index in [4.69, 9.17) is 4.42 Å². The predicted molar refractivity (Wildman–Crippen MR) is 325 cm³/mol. The van der Waals surface area contributed by atoms with E-state index in [1.54, 1.807) is 0 Å². The molecule has 0 fully saturated rings. The highest BCUT2D eigenvalue weighted by molar-refractivity contribution is 7.00. The fourth-order valence-corrected chi connectivity index (χ4v) is 12.2. The van der Waals surface area contributed by atoms with Crippen molar-refractivity contribution in [3.8, 4) is 44.5 Å². The Balaban J connectivity index is 1.22. The van der Waals surface area contributed by atoms with Crippen LogP contribution in [0.2, 0.25) is 0 Å².